The highest BCUT2D eigenvalue weighted by Crippen LogP contribution is 2.29. The summed E-state index contributed by atoms with van der Waals surface area (Å²) < 4.78 is 5.50. The molecule has 8 heteroatoms. The van der Waals surface area contributed by atoms with E-state index in [0.717, 1.165) is 22.3 Å². The van der Waals surface area contributed by atoms with Crippen molar-refractivity contribution in [3.63, 3.8) is 0 Å². The normalized spacial score (nSPS) is 11.5. The summed E-state index contributed by atoms with van der Waals surface area (Å²) >= 11 is 6.20. The first-order valence-corrected chi connectivity index (χ1v) is 11.2. The summed E-state index contributed by atoms with van der Waals surface area (Å²) in [5.74, 6) is -0.862. The average Bonchev–Trinajstić information content (AvgIpc) is 2.85. The summed E-state index contributed by atoms with van der Waals surface area (Å²) in [6, 6.07) is 22.2. The van der Waals surface area contributed by atoms with Gasteiger partial charge in [-0.05, 0) is 29.7 Å². The maximum absolute atomic E-state index is 12.6. The van der Waals surface area contributed by atoms with Crippen LogP contribution in [0, 0.1) is 0 Å². The summed E-state index contributed by atoms with van der Waals surface area (Å²) in [6.07, 6.45) is 1.72. The average molecular weight is 488 g/mol. The lowest BCUT2D eigenvalue weighted by Gasteiger charge is -2.16. The molecule has 7 nitrogen and oxygen atoms in total. The standard InChI is InChI=1S/C27H22ClN3O4/c1-17(22-4-2-3-5-23(22)28)35-27(34)31-24-15-29-16-30-26(24)21-12-10-20(11-13-21)19-8-6-18(7-9-19)14-25(32)33/h2-13,15-17H,14H2,1H3,(H,31,34)(H,32,33). The first-order valence-electron chi connectivity index (χ1n) is 10.8. The first-order chi connectivity index (χ1) is 16.9. The van der Waals surface area contributed by atoms with Crippen LogP contribution in [0.5, 0.6) is 0 Å². The molecule has 0 aliphatic rings. The van der Waals surface area contributed by atoms with Gasteiger partial charge in [0.2, 0.25) is 0 Å². The Kier molecular flexibility index (Phi) is 7.38. The summed E-state index contributed by atoms with van der Waals surface area (Å²) in [5, 5.41) is 12.2. The number of hydrogen-bond acceptors (Lipinski definition) is 5. The van der Waals surface area contributed by atoms with Crippen molar-refractivity contribution in [1.29, 1.82) is 0 Å². The molecule has 0 bridgehead atoms. The van der Waals surface area contributed by atoms with Gasteiger partial charge in [0.15, 0.2) is 0 Å². The van der Waals surface area contributed by atoms with E-state index in [1.165, 1.54) is 12.5 Å². The van der Waals surface area contributed by atoms with Gasteiger partial charge < -0.3 is 9.84 Å². The van der Waals surface area contributed by atoms with Gasteiger partial charge in [0.05, 0.1) is 24.0 Å². The van der Waals surface area contributed by atoms with Gasteiger partial charge in [0.25, 0.3) is 0 Å². The molecule has 1 unspecified atom stereocenters. The Bertz CT molecular complexity index is 1340. The third kappa shape index (κ3) is 6.02. The Morgan fingerprint density at radius 2 is 1.60 bits per heavy atom. The summed E-state index contributed by atoms with van der Waals surface area (Å²) in [4.78, 5) is 31.8. The minimum absolute atomic E-state index is 0.0116. The van der Waals surface area contributed by atoms with Crippen molar-refractivity contribution in [2.45, 2.75) is 19.4 Å². The molecule has 0 saturated carbocycles. The molecule has 0 spiro atoms. The molecule has 1 heterocycles. The minimum atomic E-state index is -0.862. The minimum Gasteiger partial charge on any atom is -0.481 e. The molecule has 1 amide bonds. The second kappa shape index (κ2) is 10.8. The number of halogens is 1. The van der Waals surface area contributed by atoms with Gasteiger partial charge in [-0.1, -0.05) is 78.3 Å². The highest BCUT2D eigenvalue weighted by molar-refractivity contribution is 6.31. The number of nitrogens with zero attached hydrogens (tertiary/aromatic N) is 2. The molecule has 2 N–H and O–H groups in total. The monoisotopic (exact) mass is 487 g/mol. The van der Waals surface area contributed by atoms with Crippen LogP contribution < -0.4 is 5.32 Å². The van der Waals surface area contributed by atoms with Gasteiger partial charge in [-0.25, -0.2) is 14.8 Å². The second-order valence-electron chi connectivity index (χ2n) is 7.82. The Hall–Kier alpha value is -4.23. The Morgan fingerprint density at radius 1 is 0.971 bits per heavy atom. The molecule has 3 aromatic carbocycles. The zero-order valence-electron chi connectivity index (χ0n) is 18.8. The van der Waals surface area contributed by atoms with Gasteiger partial charge in [0, 0.05) is 16.1 Å². The zero-order valence-corrected chi connectivity index (χ0v) is 19.6. The van der Waals surface area contributed by atoms with Crippen LogP contribution in [0.3, 0.4) is 0 Å². The number of anilines is 1. The molecule has 0 aliphatic carbocycles. The molecule has 35 heavy (non-hydrogen) atoms. The number of benzene rings is 3. The van der Waals surface area contributed by atoms with Gasteiger partial charge in [-0.3, -0.25) is 10.1 Å². The summed E-state index contributed by atoms with van der Waals surface area (Å²) in [6.45, 7) is 1.75. The molecular weight excluding hydrogens is 466 g/mol. The number of aliphatic carboxylic acids is 1. The lowest BCUT2D eigenvalue weighted by atomic mass is 10.0. The number of carboxylic acid groups (broad SMARTS) is 1. The summed E-state index contributed by atoms with van der Waals surface area (Å²) in [7, 11) is 0. The number of carboxylic acids is 1. The Labute approximate surface area is 207 Å². The van der Waals surface area contributed by atoms with Crippen LogP contribution in [-0.2, 0) is 16.0 Å². The quantitative estimate of drug-likeness (QED) is 0.312. The second-order valence-corrected chi connectivity index (χ2v) is 8.23. The van der Waals surface area contributed by atoms with E-state index in [2.05, 4.69) is 15.3 Å². The van der Waals surface area contributed by atoms with Crippen LogP contribution in [0.4, 0.5) is 10.5 Å². The molecule has 0 fully saturated rings. The van der Waals surface area contributed by atoms with Crippen molar-refractivity contribution >= 4 is 29.4 Å². The lowest BCUT2D eigenvalue weighted by molar-refractivity contribution is -0.136. The molecule has 0 saturated heterocycles. The van der Waals surface area contributed by atoms with E-state index >= 15 is 0 Å². The molecular formula is C27H22ClN3O4. The van der Waals surface area contributed by atoms with Gasteiger partial charge >= 0.3 is 12.1 Å². The van der Waals surface area contributed by atoms with Crippen LogP contribution in [0.15, 0.2) is 85.3 Å². The predicted molar refractivity (Wildman–Crippen MR) is 134 cm³/mol. The van der Waals surface area contributed by atoms with E-state index in [9.17, 15) is 9.59 Å². The van der Waals surface area contributed by atoms with Crippen LogP contribution in [0.1, 0.15) is 24.2 Å². The molecule has 176 valence electrons. The van der Waals surface area contributed by atoms with Gasteiger partial charge in [0.1, 0.15) is 12.4 Å². The maximum Gasteiger partial charge on any atom is 0.412 e. The largest absolute Gasteiger partial charge is 0.481 e. The number of hydrogen-bond donors (Lipinski definition) is 2. The van der Waals surface area contributed by atoms with E-state index < -0.39 is 18.2 Å². The number of amides is 1. The van der Waals surface area contributed by atoms with Crippen LogP contribution >= 0.6 is 11.6 Å². The zero-order chi connectivity index (χ0) is 24.8. The fourth-order valence-corrected chi connectivity index (χ4v) is 3.92. The molecule has 0 radical (unpaired) electrons. The number of carbonyl (C=O) groups excluding carboxylic acids is 1. The Morgan fingerprint density at radius 3 is 2.26 bits per heavy atom. The van der Waals surface area contributed by atoms with Crippen molar-refractivity contribution in [3.05, 3.63) is 101 Å². The summed E-state index contributed by atoms with van der Waals surface area (Å²) in [5.41, 5.74) is 5.12. The van der Waals surface area contributed by atoms with E-state index in [0.29, 0.717) is 22.0 Å². The van der Waals surface area contributed by atoms with Gasteiger partial charge in [-0.2, -0.15) is 0 Å². The maximum atomic E-state index is 12.6. The fourth-order valence-electron chi connectivity index (χ4n) is 3.63. The van der Waals surface area contributed by atoms with Gasteiger partial charge in [-0.15, -0.1) is 0 Å². The first kappa shape index (κ1) is 23.9. The van der Waals surface area contributed by atoms with E-state index in [4.69, 9.17) is 21.4 Å². The third-order valence-electron chi connectivity index (χ3n) is 5.38. The van der Waals surface area contributed by atoms with Crippen molar-refractivity contribution in [3.8, 4) is 22.4 Å². The van der Waals surface area contributed by atoms with Crippen molar-refractivity contribution in [2.24, 2.45) is 0 Å². The molecule has 1 atom stereocenters. The number of rotatable bonds is 7. The predicted octanol–water partition coefficient (Wildman–Crippen LogP) is 6.40. The lowest BCUT2D eigenvalue weighted by Crippen LogP contribution is -2.17. The number of nitrogens with one attached hydrogen (secondary N) is 1. The van der Waals surface area contributed by atoms with E-state index in [1.807, 2.05) is 48.5 Å². The van der Waals surface area contributed by atoms with E-state index in [1.54, 1.807) is 31.2 Å². The van der Waals surface area contributed by atoms with Crippen molar-refractivity contribution < 1.29 is 19.4 Å². The van der Waals surface area contributed by atoms with Crippen LogP contribution in [-0.4, -0.2) is 27.1 Å². The smallest absolute Gasteiger partial charge is 0.412 e. The fraction of sp³-hybridized carbons (Fsp3) is 0.111. The van der Waals surface area contributed by atoms with Crippen LogP contribution in [0.2, 0.25) is 5.02 Å². The number of carbonyl (C=O) groups is 2. The van der Waals surface area contributed by atoms with Crippen LogP contribution in [0.25, 0.3) is 22.4 Å². The topological polar surface area (TPSA) is 101 Å². The van der Waals surface area contributed by atoms with Crippen molar-refractivity contribution in [1.82, 2.24) is 9.97 Å². The molecule has 4 rings (SSSR count). The van der Waals surface area contributed by atoms with Crippen molar-refractivity contribution in [2.75, 3.05) is 5.32 Å². The molecule has 0 aliphatic heterocycles. The highest BCUT2D eigenvalue weighted by Gasteiger charge is 2.17. The number of ether oxygens (including phenoxy) is 1. The van der Waals surface area contributed by atoms with E-state index in [-0.39, 0.29) is 6.42 Å². The third-order valence-corrected chi connectivity index (χ3v) is 5.72. The molecule has 4 aromatic rings. The number of aromatic nitrogens is 2. The highest BCUT2D eigenvalue weighted by atomic mass is 35.5. The molecule has 1 aromatic heterocycles. The Balaban J connectivity index is 1.48. The SMILES string of the molecule is CC(OC(=O)Nc1cncnc1-c1ccc(-c2ccc(CC(=O)O)cc2)cc1)c1ccccc1Cl.